The number of benzene rings is 2. The molecular formula is C23H28F3N3O6S2. The van der Waals surface area contributed by atoms with Crippen LogP contribution in [0, 0.1) is 0 Å². The topological polar surface area (TPSA) is 105 Å². The summed E-state index contributed by atoms with van der Waals surface area (Å²) in [6.07, 6.45) is -3.16. The highest BCUT2D eigenvalue weighted by molar-refractivity contribution is 7.89. The first kappa shape index (κ1) is 27.6. The minimum atomic E-state index is -4.66. The van der Waals surface area contributed by atoms with Crippen LogP contribution in [0.5, 0.6) is 5.75 Å². The first-order valence-electron chi connectivity index (χ1n) is 11.6. The van der Waals surface area contributed by atoms with Gasteiger partial charge in [-0.05, 0) is 49.2 Å². The molecule has 1 N–H and O–H groups in total. The van der Waals surface area contributed by atoms with Crippen molar-refractivity contribution < 1.29 is 39.5 Å². The molecule has 0 bridgehead atoms. The minimum Gasteiger partial charge on any atom is -0.495 e. The van der Waals surface area contributed by atoms with Gasteiger partial charge in [-0.3, -0.25) is 0 Å². The first-order valence-corrected chi connectivity index (χ1v) is 14.6. The van der Waals surface area contributed by atoms with E-state index in [2.05, 4.69) is 4.72 Å². The third kappa shape index (κ3) is 6.20. The van der Waals surface area contributed by atoms with Gasteiger partial charge in [0, 0.05) is 39.3 Å². The van der Waals surface area contributed by atoms with Crippen molar-refractivity contribution in [2.24, 2.45) is 0 Å². The highest BCUT2D eigenvalue weighted by Gasteiger charge is 2.34. The number of piperazine rings is 1. The highest BCUT2D eigenvalue weighted by Crippen LogP contribution is 2.34. The molecule has 2 heterocycles. The first-order chi connectivity index (χ1) is 17.4. The zero-order valence-corrected chi connectivity index (χ0v) is 21.7. The second-order valence-corrected chi connectivity index (χ2v) is 12.4. The summed E-state index contributed by atoms with van der Waals surface area (Å²) in [5.41, 5.74) is -0.568. The summed E-state index contributed by atoms with van der Waals surface area (Å²) in [7, 11) is -6.54. The third-order valence-electron chi connectivity index (χ3n) is 6.36. The number of hydrogen-bond donors (Lipinski definition) is 1. The number of halogens is 3. The maximum atomic E-state index is 13.1. The number of ether oxygens (including phenoxy) is 2. The molecule has 0 aromatic heterocycles. The van der Waals surface area contributed by atoms with Crippen molar-refractivity contribution in [1.29, 1.82) is 0 Å². The molecule has 2 fully saturated rings. The van der Waals surface area contributed by atoms with E-state index < -0.39 is 36.7 Å². The minimum absolute atomic E-state index is 0.00399. The van der Waals surface area contributed by atoms with Gasteiger partial charge in [0.15, 0.2) is 0 Å². The Balaban J connectivity index is 1.49. The lowest BCUT2D eigenvalue weighted by molar-refractivity contribution is -0.137. The molecule has 2 aromatic carbocycles. The van der Waals surface area contributed by atoms with Crippen LogP contribution in [0.3, 0.4) is 0 Å². The molecule has 2 aromatic rings. The second-order valence-electron chi connectivity index (χ2n) is 8.74. The van der Waals surface area contributed by atoms with Crippen molar-refractivity contribution in [1.82, 2.24) is 9.03 Å². The van der Waals surface area contributed by atoms with Crippen molar-refractivity contribution in [3.05, 3.63) is 48.0 Å². The lowest BCUT2D eigenvalue weighted by Gasteiger charge is -2.36. The summed E-state index contributed by atoms with van der Waals surface area (Å²) >= 11 is 0. The van der Waals surface area contributed by atoms with E-state index in [9.17, 15) is 30.0 Å². The Kier molecular flexibility index (Phi) is 8.04. The molecule has 37 heavy (non-hydrogen) atoms. The van der Waals surface area contributed by atoms with Crippen LogP contribution in [0.1, 0.15) is 18.4 Å². The fraction of sp³-hybridized carbons (Fsp3) is 0.478. The second kappa shape index (κ2) is 10.8. The molecule has 204 valence electrons. The summed E-state index contributed by atoms with van der Waals surface area (Å²) in [5.74, 6) is 0.410. The van der Waals surface area contributed by atoms with Gasteiger partial charge in [-0.1, -0.05) is 6.07 Å². The maximum absolute atomic E-state index is 13.1. The number of alkyl halides is 3. The summed E-state index contributed by atoms with van der Waals surface area (Å²) in [6.45, 7) is 1.12. The Hall–Kier alpha value is -2.39. The van der Waals surface area contributed by atoms with E-state index in [1.54, 1.807) is 4.90 Å². The van der Waals surface area contributed by atoms with Crippen molar-refractivity contribution in [3.8, 4) is 5.75 Å². The standard InChI is InChI=1S/C23H28F3N3O6S2/c1-34-22-8-7-19(36(30,31)27-16-18-5-3-13-35-18)15-21(22)28-9-11-29(12-10-28)37(32,33)20-6-2-4-17(14-20)23(24,25)26/h2,4,6-8,14-15,18,27H,3,5,9-13,16H2,1H3/t18-/m1/s1. The Bertz CT molecular complexity index is 1320. The van der Waals surface area contributed by atoms with Gasteiger partial charge >= 0.3 is 6.18 Å². The van der Waals surface area contributed by atoms with Crippen LogP contribution in [0.4, 0.5) is 18.9 Å². The van der Waals surface area contributed by atoms with E-state index in [1.165, 1.54) is 25.3 Å². The number of nitrogens with zero attached hydrogens (tertiary/aromatic N) is 2. The molecule has 0 spiro atoms. The molecule has 2 saturated heterocycles. The van der Waals surface area contributed by atoms with Crippen LogP contribution >= 0.6 is 0 Å². The number of anilines is 1. The van der Waals surface area contributed by atoms with E-state index in [4.69, 9.17) is 9.47 Å². The van der Waals surface area contributed by atoms with Crippen LogP contribution < -0.4 is 14.4 Å². The number of rotatable bonds is 8. The number of nitrogens with one attached hydrogen (secondary N) is 1. The molecule has 1 atom stereocenters. The molecule has 0 radical (unpaired) electrons. The van der Waals surface area contributed by atoms with E-state index in [0.29, 0.717) is 24.1 Å². The molecule has 2 aliphatic rings. The van der Waals surface area contributed by atoms with Gasteiger partial charge in [0.1, 0.15) is 5.75 Å². The predicted molar refractivity (Wildman–Crippen MR) is 130 cm³/mol. The van der Waals surface area contributed by atoms with Crippen molar-refractivity contribution in [3.63, 3.8) is 0 Å². The third-order valence-corrected chi connectivity index (χ3v) is 9.68. The average molecular weight is 564 g/mol. The lowest BCUT2D eigenvalue weighted by atomic mass is 10.2. The Labute approximate surface area is 214 Å². The number of hydrogen-bond acceptors (Lipinski definition) is 7. The number of methoxy groups -OCH3 is 1. The van der Waals surface area contributed by atoms with E-state index in [-0.39, 0.29) is 43.7 Å². The molecule has 14 heteroatoms. The largest absolute Gasteiger partial charge is 0.495 e. The normalized spacial score (nSPS) is 19.8. The maximum Gasteiger partial charge on any atom is 0.416 e. The zero-order chi connectivity index (χ0) is 26.8. The fourth-order valence-corrected chi connectivity index (χ4v) is 6.88. The smallest absolute Gasteiger partial charge is 0.416 e. The molecule has 0 amide bonds. The van der Waals surface area contributed by atoms with E-state index in [0.717, 1.165) is 35.3 Å². The van der Waals surface area contributed by atoms with Crippen LogP contribution in [0.25, 0.3) is 0 Å². The van der Waals surface area contributed by atoms with Crippen LogP contribution in [-0.4, -0.2) is 73.7 Å². The van der Waals surface area contributed by atoms with Crippen LogP contribution in [-0.2, 0) is 31.0 Å². The van der Waals surface area contributed by atoms with Crippen LogP contribution in [0.15, 0.2) is 52.3 Å². The molecule has 0 aliphatic carbocycles. The van der Waals surface area contributed by atoms with E-state index >= 15 is 0 Å². The van der Waals surface area contributed by atoms with Gasteiger partial charge < -0.3 is 14.4 Å². The number of sulfonamides is 2. The van der Waals surface area contributed by atoms with Gasteiger partial charge in [0.05, 0.1) is 34.3 Å². The molecule has 9 nitrogen and oxygen atoms in total. The fourth-order valence-electron chi connectivity index (χ4n) is 4.33. The van der Waals surface area contributed by atoms with Gasteiger partial charge in [0.25, 0.3) is 0 Å². The summed E-state index contributed by atoms with van der Waals surface area (Å²) in [6, 6.07) is 8.07. The Morgan fingerprint density at radius 3 is 2.38 bits per heavy atom. The monoisotopic (exact) mass is 563 g/mol. The predicted octanol–water partition coefficient (Wildman–Crippen LogP) is 2.68. The van der Waals surface area contributed by atoms with Crippen LogP contribution in [0.2, 0.25) is 0 Å². The van der Waals surface area contributed by atoms with Crippen molar-refractivity contribution in [2.45, 2.75) is 34.9 Å². The SMILES string of the molecule is COc1ccc(S(=O)(=O)NC[C@H]2CCCO2)cc1N1CCN(S(=O)(=O)c2cccc(C(F)(F)F)c2)CC1. The molecule has 0 unspecified atom stereocenters. The average Bonchev–Trinajstić information content (AvgIpc) is 3.41. The Morgan fingerprint density at radius 1 is 1.03 bits per heavy atom. The van der Waals surface area contributed by atoms with Gasteiger partial charge in [0.2, 0.25) is 20.0 Å². The van der Waals surface area contributed by atoms with Gasteiger partial charge in [-0.25, -0.2) is 21.6 Å². The molecule has 0 saturated carbocycles. The van der Waals surface area contributed by atoms with E-state index in [1.807, 2.05) is 0 Å². The van der Waals surface area contributed by atoms with Crippen molar-refractivity contribution >= 4 is 25.7 Å². The molecule has 4 rings (SSSR count). The highest BCUT2D eigenvalue weighted by atomic mass is 32.2. The van der Waals surface area contributed by atoms with Crippen molar-refractivity contribution in [2.75, 3.05) is 51.3 Å². The summed E-state index contributed by atoms with van der Waals surface area (Å²) < 4.78 is 106. The lowest BCUT2D eigenvalue weighted by Crippen LogP contribution is -2.48. The molecular weight excluding hydrogens is 535 g/mol. The quantitative estimate of drug-likeness (QED) is 0.527. The Morgan fingerprint density at radius 2 is 1.76 bits per heavy atom. The summed E-state index contributed by atoms with van der Waals surface area (Å²) in [4.78, 5) is 1.38. The zero-order valence-electron chi connectivity index (χ0n) is 20.1. The molecule has 2 aliphatic heterocycles. The summed E-state index contributed by atoms with van der Waals surface area (Å²) in [5, 5.41) is 0. The van der Waals surface area contributed by atoms with Gasteiger partial charge in [-0.2, -0.15) is 17.5 Å². The van der Waals surface area contributed by atoms with Gasteiger partial charge in [-0.15, -0.1) is 0 Å².